The van der Waals surface area contributed by atoms with Crippen LogP contribution < -0.4 is 0 Å². The van der Waals surface area contributed by atoms with Crippen LogP contribution in [0.2, 0.25) is 0 Å². The van der Waals surface area contributed by atoms with Gasteiger partial charge in [0.25, 0.3) is 0 Å². The van der Waals surface area contributed by atoms with Gasteiger partial charge in [-0.1, -0.05) is 142 Å². The smallest absolute Gasteiger partial charge is 0.0893 e. The van der Waals surface area contributed by atoms with Crippen LogP contribution in [0.5, 0.6) is 0 Å². The van der Waals surface area contributed by atoms with Crippen LogP contribution in [-0.4, -0.2) is 29.6 Å². The summed E-state index contributed by atoms with van der Waals surface area (Å²) >= 11 is 0. The maximum atomic E-state index is 2.51. The van der Waals surface area contributed by atoms with Gasteiger partial charge in [0.1, 0.15) is 0 Å². The maximum absolute atomic E-state index is 2.51. The Balaban J connectivity index is 1.73. The number of hydrogen-bond donors (Lipinski definition) is 0. The second-order valence-corrected chi connectivity index (χ2v) is 10.1. The molecule has 0 amide bonds. The summed E-state index contributed by atoms with van der Waals surface area (Å²) in [5.74, 6) is 0. The van der Waals surface area contributed by atoms with Gasteiger partial charge in [-0.05, 0) is 12.8 Å². The highest BCUT2D eigenvalue weighted by molar-refractivity contribution is 4.90. The summed E-state index contributed by atoms with van der Waals surface area (Å²) in [6.45, 7) is 8.22. The molecule has 0 radical (unpaired) electrons. The highest BCUT2D eigenvalue weighted by atomic mass is 15.3. The first-order valence-electron chi connectivity index (χ1n) is 14.5. The van der Waals surface area contributed by atoms with Crippen molar-refractivity contribution in [2.45, 2.75) is 155 Å². The highest BCUT2D eigenvalue weighted by Gasteiger charge is 2.10. The van der Waals surface area contributed by atoms with Crippen LogP contribution >= 0.6 is 0 Å². The Morgan fingerprint density at radius 1 is 0.387 bits per heavy atom. The molecule has 184 valence electrons. The second kappa shape index (κ2) is 22.5. The van der Waals surface area contributed by atoms with Gasteiger partial charge in [-0.3, -0.25) is 0 Å². The van der Waals surface area contributed by atoms with Crippen LogP contribution in [0.4, 0.5) is 0 Å². The van der Waals surface area contributed by atoms with Crippen molar-refractivity contribution in [2.24, 2.45) is 0 Å². The molecule has 0 aromatic rings. The van der Waals surface area contributed by atoms with Crippen LogP contribution in [0.15, 0.2) is 12.4 Å². The number of hydrogen-bond acceptors (Lipinski definition) is 2. The summed E-state index contributed by atoms with van der Waals surface area (Å²) in [5, 5.41) is 0. The molecule has 1 heterocycles. The summed E-state index contributed by atoms with van der Waals surface area (Å²) in [6.07, 6.45) is 36.3. The van der Waals surface area contributed by atoms with E-state index in [2.05, 4.69) is 36.0 Å². The van der Waals surface area contributed by atoms with Crippen LogP contribution in [0.25, 0.3) is 0 Å². The third-order valence-electron chi connectivity index (χ3n) is 6.95. The normalized spacial score (nSPS) is 13.6. The van der Waals surface area contributed by atoms with E-state index in [1.165, 1.54) is 154 Å². The molecule has 2 heteroatoms. The Kier molecular flexibility index (Phi) is 20.6. The zero-order chi connectivity index (χ0) is 22.2. The van der Waals surface area contributed by atoms with Gasteiger partial charge in [0.15, 0.2) is 0 Å². The molecule has 0 bridgehead atoms. The van der Waals surface area contributed by atoms with Gasteiger partial charge in [0, 0.05) is 25.5 Å². The van der Waals surface area contributed by atoms with Crippen LogP contribution in [0.3, 0.4) is 0 Å². The first-order valence-corrected chi connectivity index (χ1v) is 14.5. The average Bonchev–Trinajstić information content (AvgIpc) is 3.23. The van der Waals surface area contributed by atoms with E-state index in [0.29, 0.717) is 0 Å². The summed E-state index contributed by atoms with van der Waals surface area (Å²) in [7, 11) is 0. The Morgan fingerprint density at radius 3 is 0.935 bits per heavy atom. The minimum absolute atomic E-state index is 1.13. The van der Waals surface area contributed by atoms with E-state index in [4.69, 9.17) is 0 Å². The quantitative estimate of drug-likeness (QED) is 0.139. The molecule has 0 atom stereocenters. The van der Waals surface area contributed by atoms with Crippen molar-refractivity contribution in [1.29, 1.82) is 0 Å². The molecule has 31 heavy (non-hydrogen) atoms. The van der Waals surface area contributed by atoms with Crippen molar-refractivity contribution in [2.75, 3.05) is 19.8 Å². The SMILES string of the molecule is CCCCCCCCCCCCCCCCCCCN1C=CN(CCCCCCC)C1. The molecule has 0 unspecified atom stereocenters. The Morgan fingerprint density at radius 2 is 0.645 bits per heavy atom. The van der Waals surface area contributed by atoms with Gasteiger partial charge in [-0.15, -0.1) is 0 Å². The van der Waals surface area contributed by atoms with Gasteiger partial charge in [-0.25, -0.2) is 0 Å². The summed E-state index contributed by atoms with van der Waals surface area (Å²) in [4.78, 5) is 5.01. The predicted octanol–water partition coefficient (Wildman–Crippen LogP) is 9.65. The van der Waals surface area contributed by atoms with Crippen molar-refractivity contribution in [3.8, 4) is 0 Å². The summed E-state index contributed by atoms with van der Waals surface area (Å²) in [5.41, 5.74) is 0. The van der Waals surface area contributed by atoms with E-state index in [9.17, 15) is 0 Å². The van der Waals surface area contributed by atoms with E-state index in [1.807, 2.05) is 0 Å². The number of nitrogens with zero attached hydrogens (tertiary/aromatic N) is 2. The van der Waals surface area contributed by atoms with E-state index >= 15 is 0 Å². The summed E-state index contributed by atoms with van der Waals surface area (Å²) < 4.78 is 0. The fraction of sp³-hybridized carbons (Fsp3) is 0.931. The Bertz CT molecular complexity index is 379. The lowest BCUT2D eigenvalue weighted by atomic mass is 10.0. The van der Waals surface area contributed by atoms with E-state index in [0.717, 1.165) is 6.67 Å². The third kappa shape index (κ3) is 18.6. The molecule has 1 aliphatic heterocycles. The van der Waals surface area contributed by atoms with Crippen molar-refractivity contribution >= 4 is 0 Å². The average molecular weight is 435 g/mol. The van der Waals surface area contributed by atoms with Gasteiger partial charge in [0.2, 0.25) is 0 Å². The minimum atomic E-state index is 1.13. The van der Waals surface area contributed by atoms with Crippen molar-refractivity contribution in [1.82, 2.24) is 9.80 Å². The molecule has 0 saturated carbocycles. The lowest BCUT2D eigenvalue weighted by Crippen LogP contribution is -2.26. The van der Waals surface area contributed by atoms with Crippen LogP contribution in [-0.2, 0) is 0 Å². The van der Waals surface area contributed by atoms with Gasteiger partial charge >= 0.3 is 0 Å². The molecule has 0 aromatic carbocycles. The first-order chi connectivity index (χ1) is 15.4. The van der Waals surface area contributed by atoms with Crippen LogP contribution in [0.1, 0.15) is 155 Å². The molecule has 1 rings (SSSR count). The van der Waals surface area contributed by atoms with Crippen LogP contribution in [0, 0.1) is 0 Å². The zero-order valence-corrected chi connectivity index (χ0v) is 21.7. The first kappa shape index (κ1) is 28.4. The molecular formula is C29H58N2. The third-order valence-corrected chi connectivity index (χ3v) is 6.95. The van der Waals surface area contributed by atoms with Crippen molar-refractivity contribution in [3.05, 3.63) is 12.4 Å². The van der Waals surface area contributed by atoms with Gasteiger partial charge < -0.3 is 9.80 Å². The lowest BCUT2D eigenvalue weighted by Gasteiger charge is -2.21. The molecule has 2 nitrogen and oxygen atoms in total. The van der Waals surface area contributed by atoms with E-state index in [1.54, 1.807) is 0 Å². The van der Waals surface area contributed by atoms with Gasteiger partial charge in [-0.2, -0.15) is 0 Å². The lowest BCUT2D eigenvalue weighted by molar-refractivity contribution is 0.257. The molecule has 1 aliphatic rings. The topological polar surface area (TPSA) is 6.48 Å². The largest absolute Gasteiger partial charge is 0.359 e. The maximum Gasteiger partial charge on any atom is 0.0893 e. The molecular weight excluding hydrogens is 376 g/mol. The monoisotopic (exact) mass is 434 g/mol. The fourth-order valence-corrected chi connectivity index (χ4v) is 4.76. The molecule has 0 fully saturated rings. The molecule has 0 aliphatic carbocycles. The van der Waals surface area contributed by atoms with Crippen molar-refractivity contribution < 1.29 is 0 Å². The van der Waals surface area contributed by atoms with E-state index in [-0.39, 0.29) is 0 Å². The Labute approximate surface area is 197 Å². The summed E-state index contributed by atoms with van der Waals surface area (Å²) in [6, 6.07) is 0. The molecule has 0 N–H and O–H groups in total. The highest BCUT2D eigenvalue weighted by Crippen LogP contribution is 2.15. The predicted molar refractivity (Wildman–Crippen MR) is 140 cm³/mol. The molecule has 0 saturated heterocycles. The number of unbranched alkanes of at least 4 members (excludes halogenated alkanes) is 20. The fourth-order valence-electron chi connectivity index (χ4n) is 4.76. The van der Waals surface area contributed by atoms with Gasteiger partial charge in [0.05, 0.1) is 6.67 Å². The molecule has 0 aromatic heterocycles. The Hall–Kier alpha value is -0.660. The number of rotatable bonds is 24. The minimum Gasteiger partial charge on any atom is -0.359 e. The second-order valence-electron chi connectivity index (χ2n) is 10.1. The molecule has 0 spiro atoms. The van der Waals surface area contributed by atoms with E-state index < -0.39 is 0 Å². The van der Waals surface area contributed by atoms with Crippen molar-refractivity contribution in [3.63, 3.8) is 0 Å². The standard InChI is InChI=1S/C29H58N2/c1-3-5-7-9-10-11-12-13-14-15-16-17-18-19-20-22-24-26-31-28-27-30(29-31)25-23-21-8-6-4-2/h27-28H,3-26,29H2,1-2H3. The zero-order valence-electron chi connectivity index (χ0n) is 21.7.